The van der Waals surface area contributed by atoms with Crippen molar-refractivity contribution < 1.29 is 4.74 Å². The summed E-state index contributed by atoms with van der Waals surface area (Å²) in [7, 11) is 1.78. The topological polar surface area (TPSA) is 101 Å². The lowest BCUT2D eigenvalue weighted by molar-refractivity contribution is 0.465. The second kappa shape index (κ2) is 8.35. The smallest absolute Gasteiger partial charge is 0.228 e. The molecule has 0 saturated carbocycles. The Kier molecular flexibility index (Phi) is 5.09. The lowest BCUT2D eigenvalue weighted by atomic mass is 10.2. The van der Waals surface area contributed by atoms with Crippen molar-refractivity contribution in [2.45, 2.75) is 6.92 Å². The van der Waals surface area contributed by atoms with Gasteiger partial charge in [0.25, 0.3) is 0 Å². The highest BCUT2D eigenvalue weighted by Crippen LogP contribution is 2.31. The van der Waals surface area contributed by atoms with E-state index >= 15 is 0 Å². The SMILES string of the molecule is CNc1nccc(-c2cccnc2Oc2ccc(Nc3nc4ccc(C)cc4[nH]3)cc2)n1. The summed E-state index contributed by atoms with van der Waals surface area (Å²) in [6.07, 6.45) is 3.39. The average molecular weight is 423 g/mol. The van der Waals surface area contributed by atoms with Crippen LogP contribution >= 0.6 is 0 Å². The van der Waals surface area contributed by atoms with Crippen LogP contribution in [0.3, 0.4) is 0 Å². The maximum atomic E-state index is 6.06. The highest BCUT2D eigenvalue weighted by molar-refractivity contribution is 5.79. The van der Waals surface area contributed by atoms with Crippen molar-refractivity contribution in [2.75, 3.05) is 17.7 Å². The van der Waals surface area contributed by atoms with Gasteiger partial charge in [0.2, 0.25) is 17.8 Å². The Hall–Kier alpha value is -4.46. The van der Waals surface area contributed by atoms with Crippen molar-refractivity contribution in [1.29, 1.82) is 0 Å². The first-order valence-corrected chi connectivity index (χ1v) is 10.2. The molecule has 0 aliphatic rings. The van der Waals surface area contributed by atoms with Crippen LogP contribution in [0.15, 0.2) is 73.1 Å². The summed E-state index contributed by atoms with van der Waals surface area (Å²) in [5, 5.41) is 6.24. The molecule has 2 aromatic carbocycles. The van der Waals surface area contributed by atoms with E-state index in [0.717, 1.165) is 28.0 Å². The Morgan fingerprint density at radius 3 is 2.62 bits per heavy atom. The molecule has 0 radical (unpaired) electrons. The number of rotatable bonds is 6. The summed E-state index contributed by atoms with van der Waals surface area (Å²) in [4.78, 5) is 20.9. The summed E-state index contributed by atoms with van der Waals surface area (Å²) in [6.45, 7) is 2.06. The monoisotopic (exact) mass is 423 g/mol. The van der Waals surface area contributed by atoms with E-state index in [-0.39, 0.29) is 0 Å². The fourth-order valence-corrected chi connectivity index (χ4v) is 3.33. The molecule has 5 rings (SSSR count). The number of nitrogens with one attached hydrogen (secondary N) is 3. The zero-order chi connectivity index (χ0) is 21.9. The van der Waals surface area contributed by atoms with Crippen LogP contribution in [0.25, 0.3) is 22.3 Å². The van der Waals surface area contributed by atoms with Crippen LogP contribution < -0.4 is 15.4 Å². The zero-order valence-electron chi connectivity index (χ0n) is 17.6. The van der Waals surface area contributed by atoms with Gasteiger partial charge in [-0.25, -0.2) is 19.9 Å². The number of hydrogen-bond donors (Lipinski definition) is 3. The number of aromatic nitrogens is 5. The van der Waals surface area contributed by atoms with Gasteiger partial charge in [-0.05, 0) is 67.1 Å². The molecule has 5 aromatic rings. The molecule has 0 amide bonds. The van der Waals surface area contributed by atoms with Gasteiger partial charge in [0.1, 0.15) is 5.75 Å². The van der Waals surface area contributed by atoms with Gasteiger partial charge < -0.3 is 20.4 Å². The summed E-state index contributed by atoms with van der Waals surface area (Å²) in [5.41, 5.74) is 5.52. The number of hydrogen-bond acceptors (Lipinski definition) is 7. The number of anilines is 3. The average Bonchev–Trinajstić information content (AvgIpc) is 3.22. The van der Waals surface area contributed by atoms with E-state index in [2.05, 4.69) is 48.5 Å². The number of H-pyrrole nitrogens is 1. The molecule has 0 atom stereocenters. The molecule has 0 spiro atoms. The van der Waals surface area contributed by atoms with Gasteiger partial charge >= 0.3 is 0 Å². The standard InChI is InChI=1S/C24H21N7O/c1-15-5-10-20-21(14-15)31-24(30-20)28-16-6-8-17(9-7-16)32-22-18(4-3-12-26-22)19-11-13-27-23(25-2)29-19/h3-14H,1-2H3,(H,25,27,29)(H2,28,30,31). The van der Waals surface area contributed by atoms with Gasteiger partial charge in [0, 0.05) is 25.1 Å². The van der Waals surface area contributed by atoms with Gasteiger partial charge in [-0.1, -0.05) is 6.07 Å². The van der Waals surface area contributed by atoms with Crippen molar-refractivity contribution in [3.8, 4) is 22.9 Å². The molecule has 0 fully saturated rings. The molecule has 0 bridgehead atoms. The predicted molar refractivity (Wildman–Crippen MR) is 125 cm³/mol. The number of aryl methyl sites for hydroxylation is 1. The minimum absolute atomic E-state index is 0.474. The zero-order valence-corrected chi connectivity index (χ0v) is 17.6. The molecule has 3 aromatic heterocycles. The van der Waals surface area contributed by atoms with E-state index in [0.29, 0.717) is 23.5 Å². The second-order valence-corrected chi connectivity index (χ2v) is 7.23. The van der Waals surface area contributed by atoms with Gasteiger partial charge in [0.05, 0.1) is 22.3 Å². The summed E-state index contributed by atoms with van der Waals surface area (Å²) in [6, 6.07) is 19.4. The summed E-state index contributed by atoms with van der Waals surface area (Å²) < 4.78 is 6.06. The lowest BCUT2D eigenvalue weighted by Crippen LogP contribution is -1.98. The third kappa shape index (κ3) is 4.06. The second-order valence-electron chi connectivity index (χ2n) is 7.23. The Balaban J connectivity index is 1.35. The molecule has 32 heavy (non-hydrogen) atoms. The van der Waals surface area contributed by atoms with Crippen LogP contribution in [0.2, 0.25) is 0 Å². The molecule has 158 valence electrons. The first-order chi connectivity index (χ1) is 15.7. The molecule has 0 saturated heterocycles. The van der Waals surface area contributed by atoms with Crippen molar-refractivity contribution >= 4 is 28.6 Å². The molecular weight excluding hydrogens is 402 g/mol. The molecule has 8 nitrogen and oxygen atoms in total. The van der Waals surface area contributed by atoms with E-state index < -0.39 is 0 Å². The Morgan fingerprint density at radius 1 is 0.906 bits per heavy atom. The number of ether oxygens (including phenoxy) is 1. The maximum absolute atomic E-state index is 6.06. The maximum Gasteiger partial charge on any atom is 0.228 e. The fourth-order valence-electron chi connectivity index (χ4n) is 3.33. The molecular formula is C24H21N7O. The minimum Gasteiger partial charge on any atom is -0.438 e. The summed E-state index contributed by atoms with van der Waals surface area (Å²) in [5.74, 6) is 2.36. The van der Waals surface area contributed by atoms with E-state index in [4.69, 9.17) is 4.74 Å². The molecule has 3 N–H and O–H groups in total. The molecule has 0 unspecified atom stereocenters. The van der Waals surface area contributed by atoms with E-state index in [1.165, 1.54) is 5.56 Å². The predicted octanol–water partition coefficient (Wildman–Crippen LogP) is 5.30. The quantitative estimate of drug-likeness (QED) is 0.341. The van der Waals surface area contributed by atoms with Crippen LogP contribution in [-0.4, -0.2) is 32.0 Å². The third-order valence-electron chi connectivity index (χ3n) is 4.90. The van der Waals surface area contributed by atoms with Crippen LogP contribution in [0.5, 0.6) is 11.6 Å². The van der Waals surface area contributed by atoms with Gasteiger partial charge in [-0.2, -0.15) is 0 Å². The van der Waals surface area contributed by atoms with Gasteiger partial charge in [0.15, 0.2) is 0 Å². The number of imidazole rings is 1. The van der Waals surface area contributed by atoms with Crippen LogP contribution in [0, 0.1) is 6.92 Å². The first-order valence-electron chi connectivity index (χ1n) is 10.2. The van der Waals surface area contributed by atoms with E-state index in [1.54, 1.807) is 19.4 Å². The van der Waals surface area contributed by atoms with Crippen LogP contribution in [0.4, 0.5) is 17.6 Å². The number of benzene rings is 2. The number of aromatic amines is 1. The first kappa shape index (κ1) is 19.5. The van der Waals surface area contributed by atoms with Crippen molar-refractivity contribution in [2.24, 2.45) is 0 Å². The number of fused-ring (bicyclic) bond motifs is 1. The lowest BCUT2D eigenvalue weighted by Gasteiger charge is -2.11. The van der Waals surface area contributed by atoms with Gasteiger partial charge in [-0.3, -0.25) is 0 Å². The van der Waals surface area contributed by atoms with E-state index in [1.807, 2.05) is 54.6 Å². The Labute approximate surface area is 184 Å². The number of pyridine rings is 1. The third-order valence-corrected chi connectivity index (χ3v) is 4.90. The minimum atomic E-state index is 0.474. The van der Waals surface area contributed by atoms with E-state index in [9.17, 15) is 0 Å². The molecule has 3 heterocycles. The molecule has 0 aliphatic carbocycles. The Bertz CT molecular complexity index is 1380. The van der Waals surface area contributed by atoms with Crippen molar-refractivity contribution in [1.82, 2.24) is 24.9 Å². The Morgan fingerprint density at radius 2 is 1.78 bits per heavy atom. The van der Waals surface area contributed by atoms with Crippen LogP contribution in [0.1, 0.15) is 5.56 Å². The fraction of sp³-hybridized carbons (Fsp3) is 0.0833. The molecule has 0 aliphatic heterocycles. The van der Waals surface area contributed by atoms with Crippen LogP contribution in [-0.2, 0) is 0 Å². The molecule has 8 heteroatoms. The van der Waals surface area contributed by atoms with Crippen molar-refractivity contribution in [3.63, 3.8) is 0 Å². The van der Waals surface area contributed by atoms with Gasteiger partial charge in [-0.15, -0.1) is 0 Å². The normalized spacial score (nSPS) is 10.8. The summed E-state index contributed by atoms with van der Waals surface area (Å²) >= 11 is 0. The van der Waals surface area contributed by atoms with Crippen molar-refractivity contribution in [3.05, 3.63) is 78.6 Å². The highest BCUT2D eigenvalue weighted by Gasteiger charge is 2.11. The largest absolute Gasteiger partial charge is 0.438 e. The number of nitrogens with zero attached hydrogens (tertiary/aromatic N) is 4. The highest BCUT2D eigenvalue weighted by atomic mass is 16.5.